The minimum absolute atomic E-state index is 0.0220. The second-order valence-electron chi connectivity index (χ2n) is 3.20. The molecule has 0 saturated heterocycles. The van der Waals surface area contributed by atoms with Crippen LogP contribution in [0.5, 0.6) is 0 Å². The lowest BCUT2D eigenvalue weighted by Crippen LogP contribution is -2.28. The first kappa shape index (κ1) is 8.24. The van der Waals surface area contributed by atoms with Crippen LogP contribution in [-0.2, 0) is 9.59 Å². The minimum atomic E-state index is -0.759. The summed E-state index contributed by atoms with van der Waals surface area (Å²) in [4.78, 5) is 21.4. The molecule has 62 valence electrons. The number of hydrogen-bond acceptors (Lipinski definition) is 2. The van der Waals surface area contributed by atoms with Gasteiger partial charge in [0.05, 0.1) is 5.92 Å². The van der Waals surface area contributed by atoms with Crippen molar-refractivity contribution in [3.8, 4) is 0 Å². The number of carbonyl (C=O) groups is 2. The first-order valence-electron chi connectivity index (χ1n) is 3.85. The molecule has 0 spiro atoms. The molecule has 1 N–H and O–H groups in total. The SMILES string of the molecule is C[C@H]1CC(=O)CC[C@H]1C(=O)O. The standard InChI is InChI=1S/C8H12O3/c1-5-4-6(9)2-3-7(5)8(10)11/h5,7H,2-4H2,1H3,(H,10,11)/t5-,7+/m0/s1. The molecule has 1 saturated carbocycles. The van der Waals surface area contributed by atoms with Gasteiger partial charge >= 0.3 is 5.97 Å². The zero-order valence-corrected chi connectivity index (χ0v) is 6.54. The van der Waals surface area contributed by atoms with Crippen LogP contribution in [0.1, 0.15) is 26.2 Å². The van der Waals surface area contributed by atoms with Crippen molar-refractivity contribution in [1.82, 2.24) is 0 Å². The second-order valence-corrected chi connectivity index (χ2v) is 3.20. The van der Waals surface area contributed by atoms with E-state index in [9.17, 15) is 9.59 Å². The Hall–Kier alpha value is -0.860. The van der Waals surface area contributed by atoms with Crippen molar-refractivity contribution < 1.29 is 14.7 Å². The van der Waals surface area contributed by atoms with Gasteiger partial charge in [-0.3, -0.25) is 9.59 Å². The maximum absolute atomic E-state index is 10.8. The van der Waals surface area contributed by atoms with Crippen molar-refractivity contribution in [2.75, 3.05) is 0 Å². The number of carbonyl (C=O) groups excluding carboxylic acids is 1. The maximum Gasteiger partial charge on any atom is 0.306 e. The summed E-state index contributed by atoms with van der Waals surface area (Å²) in [5.41, 5.74) is 0. The molecule has 1 fully saturated rings. The topological polar surface area (TPSA) is 54.4 Å². The van der Waals surface area contributed by atoms with Gasteiger partial charge in [-0.25, -0.2) is 0 Å². The third-order valence-electron chi connectivity index (χ3n) is 2.29. The van der Waals surface area contributed by atoms with Crippen LogP contribution in [0, 0.1) is 11.8 Å². The molecule has 0 aromatic carbocycles. The van der Waals surface area contributed by atoms with Gasteiger partial charge in [0.25, 0.3) is 0 Å². The molecule has 0 radical (unpaired) electrons. The smallest absolute Gasteiger partial charge is 0.306 e. The van der Waals surface area contributed by atoms with Crippen LogP contribution in [0.15, 0.2) is 0 Å². The van der Waals surface area contributed by atoms with Gasteiger partial charge in [0.15, 0.2) is 0 Å². The van der Waals surface area contributed by atoms with E-state index < -0.39 is 5.97 Å². The van der Waals surface area contributed by atoms with E-state index in [0.29, 0.717) is 19.3 Å². The van der Waals surface area contributed by atoms with Crippen LogP contribution >= 0.6 is 0 Å². The van der Waals surface area contributed by atoms with Gasteiger partial charge in [0.1, 0.15) is 5.78 Å². The average Bonchev–Trinajstić information content (AvgIpc) is 1.85. The molecule has 0 bridgehead atoms. The van der Waals surface area contributed by atoms with Gasteiger partial charge in [0, 0.05) is 12.8 Å². The Morgan fingerprint density at radius 2 is 2.27 bits per heavy atom. The highest BCUT2D eigenvalue weighted by Gasteiger charge is 2.30. The zero-order chi connectivity index (χ0) is 8.43. The molecular formula is C8H12O3. The third kappa shape index (κ3) is 1.79. The maximum atomic E-state index is 10.8. The summed E-state index contributed by atoms with van der Waals surface area (Å²) < 4.78 is 0. The molecule has 11 heavy (non-hydrogen) atoms. The molecule has 0 unspecified atom stereocenters. The van der Waals surface area contributed by atoms with Gasteiger partial charge in [-0.05, 0) is 12.3 Å². The largest absolute Gasteiger partial charge is 0.481 e. The van der Waals surface area contributed by atoms with Gasteiger partial charge in [-0.15, -0.1) is 0 Å². The Kier molecular flexibility index (Phi) is 2.27. The first-order chi connectivity index (χ1) is 5.11. The zero-order valence-electron chi connectivity index (χ0n) is 6.54. The van der Waals surface area contributed by atoms with Crippen LogP contribution in [-0.4, -0.2) is 16.9 Å². The molecule has 3 heteroatoms. The van der Waals surface area contributed by atoms with Crippen molar-refractivity contribution >= 4 is 11.8 Å². The van der Waals surface area contributed by atoms with Crippen LogP contribution < -0.4 is 0 Å². The third-order valence-corrected chi connectivity index (χ3v) is 2.29. The van der Waals surface area contributed by atoms with E-state index >= 15 is 0 Å². The molecule has 0 heterocycles. The molecule has 0 aromatic rings. The molecule has 0 aliphatic heterocycles. The lowest BCUT2D eigenvalue weighted by Gasteiger charge is -2.23. The fraction of sp³-hybridized carbons (Fsp3) is 0.750. The van der Waals surface area contributed by atoms with Crippen molar-refractivity contribution in [3.05, 3.63) is 0 Å². The van der Waals surface area contributed by atoms with Gasteiger partial charge in [-0.1, -0.05) is 6.92 Å². The molecular weight excluding hydrogens is 144 g/mol. The summed E-state index contributed by atoms with van der Waals surface area (Å²) >= 11 is 0. The average molecular weight is 156 g/mol. The van der Waals surface area contributed by atoms with Crippen LogP contribution in [0.25, 0.3) is 0 Å². The lowest BCUT2D eigenvalue weighted by atomic mass is 9.80. The van der Waals surface area contributed by atoms with Crippen molar-refractivity contribution in [1.29, 1.82) is 0 Å². The molecule has 1 aliphatic carbocycles. The Morgan fingerprint density at radius 1 is 1.64 bits per heavy atom. The van der Waals surface area contributed by atoms with Crippen LogP contribution in [0.2, 0.25) is 0 Å². The summed E-state index contributed by atoms with van der Waals surface area (Å²) in [6, 6.07) is 0. The second kappa shape index (κ2) is 3.03. The molecule has 1 rings (SSSR count). The Balaban J connectivity index is 2.57. The Labute approximate surface area is 65.4 Å². The first-order valence-corrected chi connectivity index (χ1v) is 3.85. The van der Waals surface area contributed by atoms with E-state index in [1.807, 2.05) is 6.92 Å². The van der Waals surface area contributed by atoms with Gasteiger partial charge < -0.3 is 5.11 Å². The Morgan fingerprint density at radius 3 is 2.73 bits per heavy atom. The van der Waals surface area contributed by atoms with Crippen LogP contribution in [0.4, 0.5) is 0 Å². The monoisotopic (exact) mass is 156 g/mol. The number of ketones is 1. The van der Waals surface area contributed by atoms with Crippen LogP contribution in [0.3, 0.4) is 0 Å². The minimum Gasteiger partial charge on any atom is -0.481 e. The van der Waals surface area contributed by atoms with E-state index in [2.05, 4.69) is 0 Å². The van der Waals surface area contributed by atoms with E-state index in [4.69, 9.17) is 5.11 Å². The predicted molar refractivity (Wildman–Crippen MR) is 39.1 cm³/mol. The number of carboxylic acids is 1. The van der Waals surface area contributed by atoms with Crippen molar-refractivity contribution in [3.63, 3.8) is 0 Å². The summed E-state index contributed by atoms with van der Waals surface area (Å²) in [7, 11) is 0. The number of hydrogen-bond donors (Lipinski definition) is 1. The Bertz CT molecular complexity index is 186. The number of aliphatic carboxylic acids is 1. The predicted octanol–water partition coefficient (Wildman–Crippen LogP) is 1.08. The summed E-state index contributed by atoms with van der Waals surface area (Å²) in [5, 5.41) is 8.68. The van der Waals surface area contributed by atoms with E-state index in [1.165, 1.54) is 0 Å². The highest BCUT2D eigenvalue weighted by atomic mass is 16.4. The summed E-state index contributed by atoms with van der Waals surface area (Å²) in [6.45, 7) is 1.83. The normalized spacial score (nSPS) is 31.9. The lowest BCUT2D eigenvalue weighted by molar-refractivity contribution is -0.145. The van der Waals surface area contributed by atoms with Gasteiger partial charge in [-0.2, -0.15) is 0 Å². The van der Waals surface area contributed by atoms with Crippen molar-refractivity contribution in [2.24, 2.45) is 11.8 Å². The fourth-order valence-electron chi connectivity index (χ4n) is 1.57. The van der Waals surface area contributed by atoms with Crippen molar-refractivity contribution in [2.45, 2.75) is 26.2 Å². The number of carboxylic acid groups (broad SMARTS) is 1. The summed E-state index contributed by atoms with van der Waals surface area (Å²) in [5.74, 6) is -0.832. The molecule has 0 aromatic heterocycles. The number of rotatable bonds is 1. The van der Waals surface area contributed by atoms with E-state index in [1.54, 1.807) is 0 Å². The van der Waals surface area contributed by atoms with E-state index in [-0.39, 0.29) is 17.6 Å². The highest BCUT2D eigenvalue weighted by molar-refractivity contribution is 5.82. The van der Waals surface area contributed by atoms with Gasteiger partial charge in [0.2, 0.25) is 0 Å². The summed E-state index contributed by atoms with van der Waals surface area (Å²) in [6.07, 6.45) is 1.41. The van der Waals surface area contributed by atoms with E-state index in [0.717, 1.165) is 0 Å². The molecule has 2 atom stereocenters. The quantitative estimate of drug-likeness (QED) is 0.618. The number of Topliss-reactive ketones (excluding diaryl/α,β-unsaturated/α-hetero) is 1. The fourth-order valence-corrected chi connectivity index (χ4v) is 1.57. The highest BCUT2D eigenvalue weighted by Crippen LogP contribution is 2.27. The molecule has 3 nitrogen and oxygen atoms in total. The molecule has 1 aliphatic rings. The molecule has 0 amide bonds.